The molecule has 3 rings (SSSR count). The van der Waals surface area contributed by atoms with Crippen molar-refractivity contribution in [3.8, 4) is 5.75 Å². The molecule has 3 heteroatoms. The average Bonchev–Trinajstić information content (AvgIpc) is 2.93. The quantitative estimate of drug-likeness (QED) is 0.874. The Morgan fingerprint density at radius 1 is 1.53 bits per heavy atom. The third-order valence-corrected chi connectivity index (χ3v) is 4.18. The van der Waals surface area contributed by atoms with Gasteiger partial charge in [0.15, 0.2) is 0 Å². The molecule has 1 heterocycles. The Morgan fingerprint density at radius 3 is 2.94 bits per heavy atom. The minimum Gasteiger partial charge on any atom is -0.490 e. The fraction of sp³-hybridized carbons (Fsp3) is 0.571. The summed E-state index contributed by atoms with van der Waals surface area (Å²) in [6.45, 7) is 1.86. The van der Waals surface area contributed by atoms with E-state index in [1.54, 1.807) is 12.1 Å². The van der Waals surface area contributed by atoms with Crippen LogP contribution in [0.2, 0.25) is 0 Å². The summed E-state index contributed by atoms with van der Waals surface area (Å²) in [4.78, 5) is 0. The maximum absolute atomic E-state index is 13.1. The van der Waals surface area contributed by atoms with Crippen molar-refractivity contribution in [1.82, 2.24) is 0 Å². The third-order valence-electron chi connectivity index (χ3n) is 4.18. The van der Waals surface area contributed by atoms with E-state index in [-0.39, 0.29) is 23.4 Å². The van der Waals surface area contributed by atoms with Crippen molar-refractivity contribution in [3.63, 3.8) is 0 Å². The highest BCUT2D eigenvalue weighted by molar-refractivity contribution is 5.38. The van der Waals surface area contributed by atoms with Crippen molar-refractivity contribution in [2.24, 2.45) is 5.41 Å². The minimum atomic E-state index is -0.272. The van der Waals surface area contributed by atoms with E-state index in [4.69, 9.17) is 4.74 Å². The molecule has 1 aromatic rings. The highest BCUT2D eigenvalue weighted by Gasteiger charge is 2.49. The summed E-state index contributed by atoms with van der Waals surface area (Å²) in [6, 6.07) is 4.69. The summed E-state index contributed by atoms with van der Waals surface area (Å²) < 4.78 is 18.9. The van der Waals surface area contributed by atoms with E-state index < -0.39 is 0 Å². The highest BCUT2D eigenvalue weighted by Crippen LogP contribution is 2.53. The van der Waals surface area contributed by atoms with Crippen LogP contribution in [0.3, 0.4) is 0 Å². The zero-order valence-electron chi connectivity index (χ0n) is 9.95. The van der Waals surface area contributed by atoms with E-state index in [9.17, 15) is 9.50 Å². The van der Waals surface area contributed by atoms with E-state index in [1.165, 1.54) is 6.07 Å². The number of aliphatic hydroxyl groups excluding tert-OH is 1. The van der Waals surface area contributed by atoms with Crippen LogP contribution in [-0.2, 0) is 6.42 Å². The lowest BCUT2D eigenvalue weighted by Gasteiger charge is -2.22. The molecule has 0 saturated heterocycles. The number of aliphatic hydroxyl groups is 1. The molecule has 1 aliphatic heterocycles. The molecule has 1 N–H and O–H groups in total. The van der Waals surface area contributed by atoms with Crippen molar-refractivity contribution >= 4 is 0 Å². The third kappa shape index (κ3) is 1.93. The summed E-state index contributed by atoms with van der Waals surface area (Å²) in [5.41, 5.74) is 1.02. The summed E-state index contributed by atoms with van der Waals surface area (Å²) in [6.07, 6.45) is 3.63. The SMILES string of the molecule is CC(O)C1(CC2Cc3cc(F)ccc3O2)CC1. The molecule has 0 amide bonds. The molecule has 92 valence electrons. The van der Waals surface area contributed by atoms with Crippen molar-refractivity contribution in [2.75, 3.05) is 0 Å². The first-order chi connectivity index (χ1) is 8.09. The van der Waals surface area contributed by atoms with Gasteiger partial charge in [0.2, 0.25) is 0 Å². The molecule has 1 aliphatic carbocycles. The van der Waals surface area contributed by atoms with Gasteiger partial charge in [-0.2, -0.15) is 0 Å². The van der Waals surface area contributed by atoms with Crippen molar-refractivity contribution < 1.29 is 14.2 Å². The monoisotopic (exact) mass is 236 g/mol. The van der Waals surface area contributed by atoms with E-state index in [2.05, 4.69) is 0 Å². The van der Waals surface area contributed by atoms with Gasteiger partial charge < -0.3 is 9.84 Å². The molecular formula is C14H17FO2. The van der Waals surface area contributed by atoms with E-state index in [1.807, 2.05) is 6.92 Å². The maximum atomic E-state index is 13.1. The first kappa shape index (κ1) is 11.0. The maximum Gasteiger partial charge on any atom is 0.123 e. The number of halogens is 1. The lowest BCUT2D eigenvalue weighted by molar-refractivity contribution is 0.0735. The normalized spacial score (nSPS) is 26.2. The van der Waals surface area contributed by atoms with Gasteiger partial charge in [-0.1, -0.05) is 0 Å². The van der Waals surface area contributed by atoms with Crippen LogP contribution in [0.5, 0.6) is 5.75 Å². The van der Waals surface area contributed by atoms with Crippen molar-refractivity contribution in [1.29, 1.82) is 0 Å². The van der Waals surface area contributed by atoms with Gasteiger partial charge in [0, 0.05) is 12.0 Å². The Balaban J connectivity index is 1.70. The fourth-order valence-electron chi connectivity index (χ4n) is 2.81. The molecular weight excluding hydrogens is 219 g/mol. The smallest absolute Gasteiger partial charge is 0.123 e. The van der Waals surface area contributed by atoms with Gasteiger partial charge in [0.1, 0.15) is 17.7 Å². The van der Waals surface area contributed by atoms with Gasteiger partial charge in [-0.3, -0.25) is 0 Å². The summed E-state index contributed by atoms with van der Waals surface area (Å²) in [5, 5.41) is 9.75. The molecule has 2 nitrogen and oxygen atoms in total. The number of hydrogen-bond acceptors (Lipinski definition) is 2. The van der Waals surface area contributed by atoms with Gasteiger partial charge in [-0.05, 0) is 49.8 Å². The van der Waals surface area contributed by atoms with E-state index in [0.717, 1.165) is 37.0 Å². The van der Waals surface area contributed by atoms with Crippen LogP contribution in [0, 0.1) is 11.2 Å². The summed E-state index contributed by atoms with van der Waals surface area (Å²) >= 11 is 0. The first-order valence-electron chi connectivity index (χ1n) is 6.22. The van der Waals surface area contributed by atoms with Gasteiger partial charge in [0.25, 0.3) is 0 Å². The zero-order valence-corrected chi connectivity index (χ0v) is 9.95. The predicted molar refractivity (Wildman–Crippen MR) is 62.5 cm³/mol. The molecule has 2 atom stereocenters. The molecule has 0 bridgehead atoms. The number of fused-ring (bicyclic) bond motifs is 1. The van der Waals surface area contributed by atoms with Gasteiger partial charge in [0.05, 0.1) is 6.10 Å². The lowest BCUT2D eigenvalue weighted by atomic mass is 9.91. The minimum absolute atomic E-state index is 0.0608. The van der Waals surface area contributed by atoms with Crippen molar-refractivity contribution in [2.45, 2.75) is 44.8 Å². The Labute approximate surface area is 100 Å². The number of ether oxygens (including phenoxy) is 1. The topological polar surface area (TPSA) is 29.5 Å². The predicted octanol–water partition coefficient (Wildman–Crippen LogP) is 2.68. The molecule has 0 spiro atoms. The second-order valence-electron chi connectivity index (χ2n) is 5.44. The highest BCUT2D eigenvalue weighted by atomic mass is 19.1. The fourth-order valence-corrected chi connectivity index (χ4v) is 2.81. The van der Waals surface area contributed by atoms with Crippen LogP contribution in [0.4, 0.5) is 4.39 Å². The zero-order chi connectivity index (χ0) is 12.0. The van der Waals surface area contributed by atoms with E-state index >= 15 is 0 Å². The van der Waals surface area contributed by atoms with Crippen molar-refractivity contribution in [3.05, 3.63) is 29.6 Å². The van der Waals surface area contributed by atoms with Crippen LogP contribution in [0.25, 0.3) is 0 Å². The van der Waals surface area contributed by atoms with Gasteiger partial charge in [-0.15, -0.1) is 0 Å². The molecule has 1 aromatic carbocycles. The molecule has 2 unspecified atom stereocenters. The van der Waals surface area contributed by atoms with Crippen LogP contribution < -0.4 is 4.74 Å². The Morgan fingerprint density at radius 2 is 2.29 bits per heavy atom. The van der Waals surface area contributed by atoms with Gasteiger partial charge >= 0.3 is 0 Å². The standard InChI is InChI=1S/C14H17FO2/c1-9(16)14(4-5-14)8-12-7-10-6-11(15)2-3-13(10)17-12/h2-3,6,9,12,16H,4-5,7-8H2,1H3. The number of rotatable bonds is 3. The molecule has 1 saturated carbocycles. The molecule has 1 fully saturated rings. The van der Waals surface area contributed by atoms with Gasteiger partial charge in [-0.25, -0.2) is 4.39 Å². The summed E-state index contributed by atoms with van der Waals surface area (Å²) in [7, 11) is 0. The van der Waals surface area contributed by atoms with Crippen LogP contribution in [-0.4, -0.2) is 17.3 Å². The molecule has 0 radical (unpaired) electrons. The molecule has 0 aromatic heterocycles. The second kappa shape index (κ2) is 3.70. The number of benzene rings is 1. The first-order valence-corrected chi connectivity index (χ1v) is 6.22. The Kier molecular flexibility index (Phi) is 2.40. The number of hydrogen-bond donors (Lipinski definition) is 1. The largest absolute Gasteiger partial charge is 0.490 e. The average molecular weight is 236 g/mol. The van der Waals surface area contributed by atoms with Crippen LogP contribution in [0.15, 0.2) is 18.2 Å². The molecule has 2 aliphatic rings. The van der Waals surface area contributed by atoms with Crippen LogP contribution >= 0.6 is 0 Å². The molecule has 17 heavy (non-hydrogen) atoms. The summed E-state index contributed by atoms with van der Waals surface area (Å²) in [5.74, 6) is 0.599. The van der Waals surface area contributed by atoms with Crippen LogP contribution in [0.1, 0.15) is 31.7 Å². The second-order valence-corrected chi connectivity index (χ2v) is 5.44. The van der Waals surface area contributed by atoms with E-state index in [0.29, 0.717) is 0 Å². The Bertz CT molecular complexity index is 438. The lowest BCUT2D eigenvalue weighted by Crippen LogP contribution is -2.26. The Hall–Kier alpha value is -1.09.